The summed E-state index contributed by atoms with van der Waals surface area (Å²) in [5.41, 5.74) is 2.33. The topological polar surface area (TPSA) is 80.5 Å². The van der Waals surface area contributed by atoms with Gasteiger partial charge in [-0.3, -0.25) is 9.59 Å². The number of nitrogens with zero attached hydrogens (tertiary/aromatic N) is 1. The second-order valence-electron chi connectivity index (χ2n) is 8.28. The molecule has 7 nitrogen and oxygen atoms in total. The molecule has 0 aromatic heterocycles. The quantitative estimate of drug-likeness (QED) is 0.374. The normalized spacial score (nSPS) is 17.8. The molecule has 0 bridgehead atoms. The van der Waals surface area contributed by atoms with Crippen LogP contribution in [0.15, 0.2) is 48.0 Å². The highest BCUT2D eigenvalue weighted by Gasteiger charge is 2.45. The molecular formula is C25H31N2O5+. The number of carbonyl (C=O) groups excluding carboxylic acids is 2. The Balaban J connectivity index is 2.11. The molecule has 0 spiro atoms. The summed E-state index contributed by atoms with van der Waals surface area (Å²) < 4.78 is 10.6. The number of aliphatic hydroxyl groups is 1. The van der Waals surface area contributed by atoms with Gasteiger partial charge in [0.2, 0.25) is 0 Å². The maximum atomic E-state index is 13.1. The van der Waals surface area contributed by atoms with Crippen molar-refractivity contribution in [3.05, 3.63) is 64.7 Å². The fraction of sp³-hybridized carbons (Fsp3) is 0.360. The Morgan fingerprint density at radius 1 is 1.03 bits per heavy atom. The predicted octanol–water partition coefficient (Wildman–Crippen LogP) is 1.97. The predicted molar refractivity (Wildman–Crippen MR) is 122 cm³/mol. The van der Waals surface area contributed by atoms with Crippen LogP contribution in [-0.2, 0) is 9.59 Å². The number of hydrogen-bond donors (Lipinski definition) is 2. The molecule has 1 aliphatic heterocycles. The maximum Gasteiger partial charge on any atom is 0.295 e. The molecule has 0 radical (unpaired) electrons. The SMILES string of the molecule is COc1ccc(C(O)=C2C(=O)C(=O)N(CCC[NH+](C)C)[C@@H]2c2ccc(C)cc2)cc1OC. The van der Waals surface area contributed by atoms with Gasteiger partial charge in [0.1, 0.15) is 5.76 Å². The molecular weight excluding hydrogens is 408 g/mol. The van der Waals surface area contributed by atoms with Crippen molar-refractivity contribution in [3.8, 4) is 11.5 Å². The van der Waals surface area contributed by atoms with E-state index in [1.807, 2.05) is 45.3 Å². The zero-order valence-electron chi connectivity index (χ0n) is 19.3. The lowest BCUT2D eigenvalue weighted by atomic mass is 9.94. The Bertz CT molecular complexity index is 1030. The third-order valence-corrected chi connectivity index (χ3v) is 5.67. The molecule has 7 heteroatoms. The van der Waals surface area contributed by atoms with E-state index in [-0.39, 0.29) is 11.3 Å². The lowest BCUT2D eigenvalue weighted by Crippen LogP contribution is -3.05. The summed E-state index contributed by atoms with van der Waals surface area (Å²) in [6, 6.07) is 11.9. The van der Waals surface area contributed by atoms with Gasteiger partial charge < -0.3 is 24.4 Å². The van der Waals surface area contributed by atoms with E-state index < -0.39 is 17.7 Å². The Labute approximate surface area is 188 Å². The average molecular weight is 440 g/mol. The lowest BCUT2D eigenvalue weighted by molar-refractivity contribution is -0.858. The summed E-state index contributed by atoms with van der Waals surface area (Å²) in [5, 5.41) is 11.2. The highest BCUT2D eigenvalue weighted by atomic mass is 16.5. The lowest BCUT2D eigenvalue weighted by Gasteiger charge is -2.25. The number of amides is 1. The number of ether oxygens (including phenoxy) is 2. The van der Waals surface area contributed by atoms with E-state index in [0.29, 0.717) is 23.6 Å². The van der Waals surface area contributed by atoms with Crippen molar-refractivity contribution in [3.63, 3.8) is 0 Å². The molecule has 32 heavy (non-hydrogen) atoms. The molecule has 1 aliphatic rings. The first-order valence-corrected chi connectivity index (χ1v) is 10.6. The summed E-state index contributed by atoms with van der Waals surface area (Å²) in [4.78, 5) is 28.9. The van der Waals surface area contributed by atoms with Crippen LogP contribution in [0.4, 0.5) is 0 Å². The zero-order valence-corrected chi connectivity index (χ0v) is 19.3. The van der Waals surface area contributed by atoms with Gasteiger partial charge in [0, 0.05) is 18.5 Å². The van der Waals surface area contributed by atoms with Crippen molar-refractivity contribution in [2.75, 3.05) is 41.4 Å². The number of aryl methyl sites for hydroxylation is 1. The first-order chi connectivity index (χ1) is 15.3. The molecule has 2 aromatic rings. The average Bonchev–Trinajstić information content (AvgIpc) is 3.03. The molecule has 2 N–H and O–H groups in total. The number of carbonyl (C=O) groups is 2. The van der Waals surface area contributed by atoms with Gasteiger partial charge in [-0.2, -0.15) is 0 Å². The second-order valence-corrected chi connectivity index (χ2v) is 8.28. The highest BCUT2D eigenvalue weighted by molar-refractivity contribution is 6.46. The molecule has 0 aliphatic carbocycles. The van der Waals surface area contributed by atoms with Gasteiger partial charge in [0.15, 0.2) is 11.5 Å². The molecule has 0 saturated carbocycles. The van der Waals surface area contributed by atoms with Crippen LogP contribution in [0, 0.1) is 6.92 Å². The van der Waals surface area contributed by atoms with Crippen LogP contribution in [0.3, 0.4) is 0 Å². The van der Waals surface area contributed by atoms with E-state index in [2.05, 4.69) is 0 Å². The largest absolute Gasteiger partial charge is 0.507 e. The number of methoxy groups -OCH3 is 2. The van der Waals surface area contributed by atoms with Crippen molar-refractivity contribution < 1.29 is 29.1 Å². The number of hydrogen-bond acceptors (Lipinski definition) is 5. The summed E-state index contributed by atoms with van der Waals surface area (Å²) >= 11 is 0. The van der Waals surface area contributed by atoms with Crippen molar-refractivity contribution >= 4 is 17.4 Å². The first-order valence-electron chi connectivity index (χ1n) is 10.6. The van der Waals surface area contributed by atoms with E-state index in [0.717, 1.165) is 24.1 Å². The smallest absolute Gasteiger partial charge is 0.295 e. The number of likely N-dealkylation sites (tertiary alicyclic amines) is 1. The number of nitrogens with one attached hydrogen (secondary N) is 1. The minimum absolute atomic E-state index is 0.0864. The monoisotopic (exact) mass is 439 g/mol. The van der Waals surface area contributed by atoms with Gasteiger partial charge in [-0.05, 0) is 30.7 Å². The van der Waals surface area contributed by atoms with Crippen LogP contribution < -0.4 is 14.4 Å². The Kier molecular flexibility index (Phi) is 7.20. The number of benzene rings is 2. The van der Waals surface area contributed by atoms with Crippen LogP contribution in [0.25, 0.3) is 5.76 Å². The standard InChI is InChI=1S/C25H30N2O5/c1-16-7-9-17(10-8-16)22-21(24(29)25(30)27(22)14-6-13-26(2)3)23(28)18-11-12-19(31-4)20(15-18)32-5/h7-12,15,22,28H,6,13-14H2,1-5H3/p+1/t22-/m1/s1. The summed E-state index contributed by atoms with van der Waals surface area (Å²) in [7, 11) is 7.11. The van der Waals surface area contributed by atoms with Gasteiger partial charge in [-0.15, -0.1) is 0 Å². The summed E-state index contributed by atoms with van der Waals surface area (Å²) in [6.07, 6.45) is 0.744. The molecule has 1 fully saturated rings. The van der Waals surface area contributed by atoms with E-state index in [1.54, 1.807) is 23.1 Å². The molecule has 0 unspecified atom stereocenters. The Morgan fingerprint density at radius 2 is 1.69 bits per heavy atom. The molecule has 2 aromatic carbocycles. The minimum atomic E-state index is -0.681. The second kappa shape index (κ2) is 9.87. The van der Waals surface area contributed by atoms with Gasteiger partial charge in [0.25, 0.3) is 11.7 Å². The highest BCUT2D eigenvalue weighted by Crippen LogP contribution is 2.40. The van der Waals surface area contributed by atoms with Gasteiger partial charge in [-0.25, -0.2) is 0 Å². The number of Topliss-reactive ketones (excluding diaryl/α,β-unsaturated/α-hetero) is 1. The van der Waals surface area contributed by atoms with E-state index in [1.165, 1.54) is 19.1 Å². The Hall–Kier alpha value is -3.32. The van der Waals surface area contributed by atoms with E-state index in [4.69, 9.17) is 9.47 Å². The number of aliphatic hydroxyl groups excluding tert-OH is 1. The zero-order chi connectivity index (χ0) is 23.4. The number of rotatable bonds is 8. The van der Waals surface area contributed by atoms with Crippen molar-refractivity contribution in [1.29, 1.82) is 0 Å². The third kappa shape index (κ3) is 4.62. The van der Waals surface area contributed by atoms with E-state index in [9.17, 15) is 14.7 Å². The fourth-order valence-electron chi connectivity index (χ4n) is 3.95. The molecule has 1 heterocycles. The van der Waals surface area contributed by atoms with Crippen molar-refractivity contribution in [2.45, 2.75) is 19.4 Å². The molecule has 170 valence electrons. The summed E-state index contributed by atoms with van der Waals surface area (Å²) in [5.74, 6) is -0.570. The van der Waals surface area contributed by atoms with Gasteiger partial charge >= 0.3 is 0 Å². The van der Waals surface area contributed by atoms with Crippen molar-refractivity contribution in [1.82, 2.24) is 4.90 Å². The van der Waals surface area contributed by atoms with Gasteiger partial charge in [-0.1, -0.05) is 29.8 Å². The van der Waals surface area contributed by atoms with Crippen LogP contribution in [0.2, 0.25) is 0 Å². The van der Waals surface area contributed by atoms with Crippen LogP contribution in [0.5, 0.6) is 11.5 Å². The number of ketones is 1. The fourth-order valence-corrected chi connectivity index (χ4v) is 3.95. The van der Waals surface area contributed by atoms with Crippen molar-refractivity contribution in [2.24, 2.45) is 0 Å². The van der Waals surface area contributed by atoms with Gasteiger partial charge in [0.05, 0.1) is 46.5 Å². The molecule has 3 rings (SSSR count). The molecule has 1 amide bonds. The molecule has 1 atom stereocenters. The summed E-state index contributed by atoms with van der Waals surface area (Å²) in [6.45, 7) is 3.26. The van der Waals surface area contributed by atoms with Crippen LogP contribution in [-0.4, -0.2) is 63.1 Å². The van der Waals surface area contributed by atoms with Crippen LogP contribution in [0.1, 0.15) is 29.2 Å². The number of quaternary nitrogens is 1. The molecule has 1 saturated heterocycles. The van der Waals surface area contributed by atoms with Crippen LogP contribution >= 0.6 is 0 Å². The minimum Gasteiger partial charge on any atom is -0.507 e. The maximum absolute atomic E-state index is 13.1. The third-order valence-electron chi connectivity index (χ3n) is 5.67. The van der Waals surface area contributed by atoms with E-state index >= 15 is 0 Å². The Morgan fingerprint density at radius 3 is 2.28 bits per heavy atom. The first kappa shape index (κ1) is 23.3.